The van der Waals surface area contributed by atoms with Gasteiger partial charge in [0.1, 0.15) is 6.61 Å². The molecule has 0 spiro atoms. The number of unbranched alkanes of at least 4 members (excludes halogenated alkanes) is 12. The van der Waals surface area contributed by atoms with Crippen molar-refractivity contribution < 1.29 is 29.0 Å². The molecule has 4 atom stereocenters. The van der Waals surface area contributed by atoms with E-state index in [1.165, 1.54) is 102 Å². The number of thioether (sulfide) groups is 1. The second kappa shape index (κ2) is 24.2. The molecule has 0 heterocycles. The van der Waals surface area contributed by atoms with Gasteiger partial charge in [0.2, 0.25) is 0 Å². The fourth-order valence-corrected chi connectivity index (χ4v) is 5.55. The van der Waals surface area contributed by atoms with E-state index in [0.29, 0.717) is 18.3 Å². The van der Waals surface area contributed by atoms with Crippen molar-refractivity contribution in [2.24, 2.45) is 0 Å². The van der Waals surface area contributed by atoms with Gasteiger partial charge >= 0.3 is 19.8 Å². The minimum Gasteiger partial charge on any atom is -0.476 e. The lowest BCUT2D eigenvalue weighted by Crippen LogP contribution is -2.37. The third-order valence-electron chi connectivity index (χ3n) is 6.34. The first kappa shape index (κ1) is 34.8. The molecule has 0 aromatic heterocycles. The quantitative estimate of drug-likeness (QED) is 0.0823. The van der Waals surface area contributed by atoms with Gasteiger partial charge in [-0.2, -0.15) is 11.8 Å². The highest BCUT2D eigenvalue weighted by atomic mass is 32.2. The third-order valence-corrected chi connectivity index (χ3v) is 8.61. The molecule has 4 unspecified atom stereocenters. The van der Waals surface area contributed by atoms with E-state index < -0.39 is 26.4 Å². The van der Waals surface area contributed by atoms with Crippen molar-refractivity contribution in [3.8, 4) is 0 Å². The van der Waals surface area contributed by atoms with Crippen LogP contribution < -0.4 is 0 Å². The summed E-state index contributed by atoms with van der Waals surface area (Å²) >= 11 is 2.06. The molecular formula is C27H54O6PS+. The normalized spacial score (nSPS) is 15.2. The molecule has 35 heavy (non-hydrogen) atoms. The van der Waals surface area contributed by atoms with Gasteiger partial charge in [-0.05, 0) is 31.9 Å². The Hall–Kier alpha value is -0.200. The van der Waals surface area contributed by atoms with Gasteiger partial charge in [0.05, 0.1) is 6.10 Å². The van der Waals surface area contributed by atoms with E-state index in [9.17, 15) is 14.5 Å². The predicted molar refractivity (Wildman–Crippen MR) is 149 cm³/mol. The molecule has 0 aliphatic heterocycles. The zero-order valence-electron chi connectivity index (χ0n) is 22.7. The Morgan fingerprint density at radius 1 is 0.857 bits per heavy atom. The van der Waals surface area contributed by atoms with Crippen LogP contribution in [0.15, 0.2) is 0 Å². The van der Waals surface area contributed by atoms with Crippen LogP contribution in [0.2, 0.25) is 0 Å². The summed E-state index contributed by atoms with van der Waals surface area (Å²) in [5, 5.41) is 16.8. The van der Waals surface area contributed by atoms with Crippen LogP contribution in [0, 0.1) is 0 Å². The SMILES string of the molecule is CCCCCCCCCCCSC(CCCCCCC)C(C)OCCCOCC(O)([PH+]=O)C(=O)O. The van der Waals surface area contributed by atoms with Crippen molar-refractivity contribution in [2.75, 3.05) is 25.6 Å². The molecule has 0 rings (SSSR count). The van der Waals surface area contributed by atoms with Gasteiger partial charge in [-0.3, -0.25) is 0 Å². The van der Waals surface area contributed by atoms with Crippen LogP contribution in [0.4, 0.5) is 0 Å². The van der Waals surface area contributed by atoms with E-state index in [4.69, 9.17) is 14.6 Å². The van der Waals surface area contributed by atoms with Gasteiger partial charge in [-0.15, -0.1) is 0 Å². The molecular weight excluding hydrogens is 483 g/mol. The Kier molecular flexibility index (Phi) is 24.0. The highest BCUT2D eigenvalue weighted by molar-refractivity contribution is 7.99. The fourth-order valence-electron chi connectivity index (χ4n) is 3.94. The predicted octanol–water partition coefficient (Wildman–Crippen LogP) is 7.59. The maximum absolute atomic E-state index is 10.9. The number of rotatable bonds is 27. The second-order valence-corrected chi connectivity index (χ2v) is 12.1. The van der Waals surface area contributed by atoms with Crippen LogP contribution in [0.5, 0.6) is 0 Å². The van der Waals surface area contributed by atoms with Crippen LogP contribution >= 0.6 is 20.2 Å². The number of carboxylic acid groups (broad SMARTS) is 1. The average Bonchev–Trinajstić information content (AvgIpc) is 2.85. The molecule has 0 amide bonds. The first-order valence-electron chi connectivity index (χ1n) is 14.1. The number of ether oxygens (including phenoxy) is 2. The number of aliphatic carboxylic acids is 1. The van der Waals surface area contributed by atoms with Crippen molar-refractivity contribution in [1.29, 1.82) is 0 Å². The number of hydrogen-bond donors (Lipinski definition) is 2. The van der Waals surface area contributed by atoms with Crippen LogP contribution in [0.1, 0.15) is 124 Å². The van der Waals surface area contributed by atoms with Gasteiger partial charge in [-0.1, -0.05) is 102 Å². The fraction of sp³-hybridized carbons (Fsp3) is 0.963. The van der Waals surface area contributed by atoms with E-state index in [-0.39, 0.29) is 12.7 Å². The lowest BCUT2D eigenvalue weighted by molar-refractivity contribution is -0.154. The zero-order valence-corrected chi connectivity index (χ0v) is 24.5. The number of carbonyl (C=O) groups is 1. The van der Waals surface area contributed by atoms with Crippen LogP contribution in [-0.4, -0.2) is 58.5 Å². The Morgan fingerprint density at radius 2 is 1.40 bits per heavy atom. The molecule has 0 aliphatic rings. The highest BCUT2D eigenvalue weighted by Gasteiger charge is 2.46. The Labute approximate surface area is 220 Å². The summed E-state index contributed by atoms with van der Waals surface area (Å²) in [5.74, 6) is -0.336. The lowest BCUT2D eigenvalue weighted by atomic mass is 10.1. The third kappa shape index (κ3) is 19.6. The monoisotopic (exact) mass is 537 g/mol. The molecule has 0 saturated heterocycles. The van der Waals surface area contributed by atoms with Crippen molar-refractivity contribution in [3.63, 3.8) is 0 Å². The maximum Gasteiger partial charge on any atom is 0.390 e. The van der Waals surface area contributed by atoms with Crippen LogP contribution in [-0.2, 0) is 18.8 Å². The largest absolute Gasteiger partial charge is 0.476 e. The molecule has 208 valence electrons. The van der Waals surface area contributed by atoms with E-state index in [2.05, 4.69) is 32.5 Å². The van der Waals surface area contributed by atoms with Gasteiger partial charge < -0.3 is 19.7 Å². The average molecular weight is 538 g/mol. The Morgan fingerprint density at radius 3 is 1.94 bits per heavy atom. The summed E-state index contributed by atoms with van der Waals surface area (Å²) in [6.45, 7) is 6.97. The van der Waals surface area contributed by atoms with E-state index in [1.54, 1.807) is 0 Å². The summed E-state index contributed by atoms with van der Waals surface area (Å²) in [6.07, 6.45) is 20.5. The molecule has 0 aliphatic carbocycles. The molecule has 0 bridgehead atoms. The van der Waals surface area contributed by atoms with Gasteiger partial charge in [-0.25, -0.2) is 4.79 Å². The standard InChI is InChI=1S/C27H53O6PS/c1-4-6-8-10-11-12-13-15-17-22-35-25(19-16-14-9-7-5-2)24(3)33-21-18-20-32-23-27(30,34-31)26(28)29/h24-25,30H,4-23H2,1-3H3,(H,28,29)/p+1. The molecule has 6 nitrogen and oxygen atoms in total. The number of aliphatic hydroxyl groups is 1. The summed E-state index contributed by atoms with van der Waals surface area (Å²) in [5.41, 5.74) is 0. The summed E-state index contributed by atoms with van der Waals surface area (Å²) in [4.78, 5) is 10.9. The second-order valence-electron chi connectivity index (χ2n) is 9.69. The molecule has 0 saturated carbocycles. The van der Waals surface area contributed by atoms with Gasteiger partial charge in [0.25, 0.3) is 0 Å². The van der Waals surface area contributed by atoms with Crippen LogP contribution in [0.25, 0.3) is 0 Å². The van der Waals surface area contributed by atoms with Crippen molar-refractivity contribution in [2.45, 2.75) is 140 Å². The molecule has 0 fully saturated rings. The smallest absolute Gasteiger partial charge is 0.390 e. The molecule has 0 radical (unpaired) electrons. The summed E-state index contributed by atoms with van der Waals surface area (Å²) in [7, 11) is -1.37. The van der Waals surface area contributed by atoms with Gasteiger partial charge in [0.15, 0.2) is 0 Å². The zero-order chi connectivity index (χ0) is 26.2. The minimum absolute atomic E-state index is 0.156. The van der Waals surface area contributed by atoms with Crippen molar-refractivity contribution in [1.82, 2.24) is 0 Å². The number of carboxylic acids is 1. The summed E-state index contributed by atoms with van der Waals surface area (Å²) < 4.78 is 22.2. The highest BCUT2D eigenvalue weighted by Crippen LogP contribution is 2.25. The summed E-state index contributed by atoms with van der Waals surface area (Å²) in [6, 6.07) is 0. The van der Waals surface area contributed by atoms with E-state index in [1.807, 2.05) is 0 Å². The maximum atomic E-state index is 10.9. The number of hydrogen-bond acceptors (Lipinski definition) is 6. The Balaban J connectivity index is 4.17. The van der Waals surface area contributed by atoms with Crippen molar-refractivity contribution in [3.05, 3.63) is 0 Å². The van der Waals surface area contributed by atoms with Gasteiger partial charge in [0, 0.05) is 18.5 Å². The lowest BCUT2D eigenvalue weighted by Gasteiger charge is -2.24. The van der Waals surface area contributed by atoms with E-state index >= 15 is 0 Å². The molecule has 8 heteroatoms. The molecule has 0 aromatic rings. The topological polar surface area (TPSA) is 93.1 Å². The van der Waals surface area contributed by atoms with Crippen LogP contribution in [0.3, 0.4) is 0 Å². The minimum atomic E-state index is -2.32. The van der Waals surface area contributed by atoms with Crippen molar-refractivity contribution >= 4 is 26.2 Å². The molecule has 0 aromatic carbocycles. The molecule has 2 N–H and O–H groups in total. The van der Waals surface area contributed by atoms with E-state index in [0.717, 1.165) is 0 Å². The Bertz CT molecular complexity index is 510. The first-order chi connectivity index (χ1) is 16.9. The first-order valence-corrected chi connectivity index (χ1v) is 16.0.